The summed E-state index contributed by atoms with van der Waals surface area (Å²) in [5.74, 6) is 0.0794. The summed E-state index contributed by atoms with van der Waals surface area (Å²) in [4.78, 5) is 26.6. The van der Waals surface area contributed by atoms with Gasteiger partial charge in [0, 0.05) is 20.2 Å². The molecule has 2 aliphatic heterocycles. The Hall–Kier alpha value is -1.53. The molecule has 1 aromatic carbocycles. The second-order valence-electron chi connectivity index (χ2n) is 6.58. The van der Waals surface area contributed by atoms with Crippen LogP contribution in [0.15, 0.2) is 24.3 Å². The summed E-state index contributed by atoms with van der Waals surface area (Å²) >= 11 is 1.66. The number of likely N-dealkylation sites (tertiary alicyclic amines) is 1. The number of aliphatic carboxylic acids is 1. The fraction of sp³-hybridized carbons (Fsp3) is 0.556. The van der Waals surface area contributed by atoms with Crippen molar-refractivity contribution in [3.63, 3.8) is 0 Å². The van der Waals surface area contributed by atoms with Crippen LogP contribution in [0.1, 0.15) is 29.2 Å². The monoisotopic (exact) mass is 349 g/mol. The lowest BCUT2D eigenvalue weighted by molar-refractivity contribution is -0.159. The van der Waals surface area contributed by atoms with Crippen molar-refractivity contribution in [2.45, 2.75) is 24.5 Å². The second kappa shape index (κ2) is 7.15. The highest BCUT2D eigenvalue weighted by atomic mass is 32.2. The second-order valence-corrected chi connectivity index (χ2v) is 7.79. The van der Waals surface area contributed by atoms with Crippen LogP contribution in [0, 0.1) is 5.41 Å². The van der Waals surface area contributed by atoms with E-state index < -0.39 is 11.4 Å². The van der Waals surface area contributed by atoms with Gasteiger partial charge in [-0.2, -0.15) is 0 Å². The molecule has 1 fully saturated rings. The van der Waals surface area contributed by atoms with E-state index >= 15 is 0 Å². The van der Waals surface area contributed by atoms with Gasteiger partial charge in [0.05, 0.1) is 6.61 Å². The highest BCUT2D eigenvalue weighted by Gasteiger charge is 2.45. The summed E-state index contributed by atoms with van der Waals surface area (Å²) in [5.41, 5.74) is 1.33. The summed E-state index contributed by atoms with van der Waals surface area (Å²) in [5, 5.41) is 9.44. The van der Waals surface area contributed by atoms with Crippen molar-refractivity contribution in [3.05, 3.63) is 35.4 Å². The lowest BCUT2D eigenvalue weighted by atomic mass is 9.80. The summed E-state index contributed by atoms with van der Waals surface area (Å²) in [7, 11) is 1.51. The van der Waals surface area contributed by atoms with Crippen LogP contribution in [0.3, 0.4) is 0 Å². The SMILES string of the molecule is COCC1(C(=O)O)CCCN(C(=O)C2SCCc3ccccc32)C1. The van der Waals surface area contributed by atoms with E-state index in [4.69, 9.17) is 4.74 Å². The number of piperidine rings is 1. The third-order valence-corrected chi connectivity index (χ3v) is 6.21. The lowest BCUT2D eigenvalue weighted by Crippen LogP contribution is -2.53. The van der Waals surface area contributed by atoms with Crippen molar-refractivity contribution in [3.8, 4) is 0 Å². The molecular weight excluding hydrogens is 326 g/mol. The van der Waals surface area contributed by atoms with Crippen LogP contribution in [0.2, 0.25) is 0 Å². The smallest absolute Gasteiger partial charge is 0.313 e. The quantitative estimate of drug-likeness (QED) is 0.904. The number of nitrogens with zero attached hydrogens (tertiary/aromatic N) is 1. The normalized spacial score (nSPS) is 26.7. The number of benzene rings is 1. The molecule has 1 aromatic rings. The number of carbonyl (C=O) groups excluding carboxylic acids is 1. The van der Waals surface area contributed by atoms with Crippen LogP contribution in [0.5, 0.6) is 0 Å². The molecule has 0 aliphatic carbocycles. The van der Waals surface area contributed by atoms with Crippen molar-refractivity contribution in [2.75, 3.05) is 32.6 Å². The van der Waals surface area contributed by atoms with E-state index in [9.17, 15) is 14.7 Å². The summed E-state index contributed by atoms with van der Waals surface area (Å²) in [6, 6.07) is 8.07. The van der Waals surface area contributed by atoms with E-state index in [1.165, 1.54) is 12.7 Å². The summed E-state index contributed by atoms with van der Waals surface area (Å²) in [6.45, 7) is 0.992. The van der Waals surface area contributed by atoms with Crippen molar-refractivity contribution in [1.29, 1.82) is 0 Å². The predicted molar refractivity (Wildman–Crippen MR) is 93.1 cm³/mol. The van der Waals surface area contributed by atoms with Crippen LogP contribution in [0.25, 0.3) is 0 Å². The number of fused-ring (bicyclic) bond motifs is 1. The zero-order valence-corrected chi connectivity index (χ0v) is 14.7. The van der Waals surface area contributed by atoms with Gasteiger partial charge in [0.15, 0.2) is 0 Å². The number of aryl methyl sites for hydroxylation is 1. The first-order valence-corrected chi connectivity index (χ1v) is 9.33. The van der Waals surface area contributed by atoms with Crippen LogP contribution < -0.4 is 0 Å². The zero-order chi connectivity index (χ0) is 17.2. The van der Waals surface area contributed by atoms with Crippen molar-refractivity contribution >= 4 is 23.6 Å². The van der Waals surface area contributed by atoms with Crippen molar-refractivity contribution in [1.82, 2.24) is 4.90 Å². The topological polar surface area (TPSA) is 66.8 Å². The molecular formula is C18H23NO4S. The number of carboxylic acid groups (broad SMARTS) is 1. The first-order valence-electron chi connectivity index (χ1n) is 8.28. The highest BCUT2D eigenvalue weighted by Crippen LogP contribution is 2.40. The maximum atomic E-state index is 13.1. The molecule has 2 heterocycles. The van der Waals surface area contributed by atoms with Gasteiger partial charge in [-0.1, -0.05) is 24.3 Å². The van der Waals surface area contributed by atoms with Crippen LogP contribution >= 0.6 is 11.8 Å². The molecule has 0 radical (unpaired) electrons. The van der Waals surface area contributed by atoms with E-state index in [0.717, 1.165) is 17.7 Å². The standard InChI is InChI=1S/C18H23NO4S/c1-23-12-18(17(21)22)8-4-9-19(11-18)16(20)15-14-6-3-2-5-13(14)7-10-24-15/h2-3,5-6,15H,4,7-12H2,1H3,(H,21,22). The van der Waals surface area contributed by atoms with Gasteiger partial charge in [0.25, 0.3) is 0 Å². The number of rotatable bonds is 4. The Morgan fingerprint density at radius 3 is 2.96 bits per heavy atom. The number of thioether (sulfide) groups is 1. The minimum atomic E-state index is -0.985. The van der Waals surface area contributed by atoms with Crippen LogP contribution in [0.4, 0.5) is 0 Å². The van der Waals surface area contributed by atoms with Gasteiger partial charge in [-0.25, -0.2) is 0 Å². The molecule has 0 spiro atoms. The van der Waals surface area contributed by atoms with Gasteiger partial charge in [0.2, 0.25) is 5.91 Å². The third-order valence-electron chi connectivity index (χ3n) is 4.98. The number of hydrogen-bond acceptors (Lipinski definition) is 4. The molecule has 2 unspecified atom stereocenters. The van der Waals surface area contributed by atoms with E-state index in [0.29, 0.717) is 19.4 Å². The minimum absolute atomic E-state index is 0.0357. The van der Waals surface area contributed by atoms with Crippen LogP contribution in [-0.2, 0) is 20.7 Å². The number of methoxy groups -OCH3 is 1. The first kappa shape index (κ1) is 17.3. The minimum Gasteiger partial charge on any atom is -0.481 e. The fourth-order valence-electron chi connectivity index (χ4n) is 3.71. The average molecular weight is 349 g/mol. The molecule has 2 aliphatic rings. The van der Waals surface area contributed by atoms with E-state index in [2.05, 4.69) is 6.07 Å². The molecule has 0 aromatic heterocycles. The van der Waals surface area contributed by atoms with Gasteiger partial charge in [-0.05, 0) is 36.1 Å². The number of ether oxygens (including phenoxy) is 1. The predicted octanol–water partition coefficient (Wildman–Crippen LogP) is 2.36. The summed E-state index contributed by atoms with van der Waals surface area (Å²) < 4.78 is 5.15. The Kier molecular flexibility index (Phi) is 5.15. The molecule has 6 heteroatoms. The maximum Gasteiger partial charge on any atom is 0.313 e. The van der Waals surface area contributed by atoms with Crippen molar-refractivity contribution < 1.29 is 19.4 Å². The molecule has 1 amide bonds. The number of carbonyl (C=O) groups is 2. The van der Waals surface area contributed by atoms with Gasteiger partial charge < -0.3 is 14.7 Å². The number of carboxylic acids is 1. The third kappa shape index (κ3) is 3.17. The number of hydrogen-bond donors (Lipinski definition) is 1. The Labute approximate surface area is 146 Å². The van der Waals surface area contributed by atoms with Crippen molar-refractivity contribution in [2.24, 2.45) is 5.41 Å². The molecule has 0 saturated carbocycles. The van der Waals surface area contributed by atoms with E-state index in [1.807, 2.05) is 18.2 Å². The molecule has 130 valence electrons. The molecule has 1 N–H and O–H groups in total. The molecule has 24 heavy (non-hydrogen) atoms. The molecule has 3 rings (SSSR count). The Bertz CT molecular complexity index is 631. The Morgan fingerprint density at radius 1 is 1.42 bits per heavy atom. The molecule has 0 bridgehead atoms. The maximum absolute atomic E-state index is 13.1. The largest absolute Gasteiger partial charge is 0.481 e. The fourth-order valence-corrected chi connectivity index (χ4v) is 4.99. The van der Waals surface area contributed by atoms with E-state index in [1.54, 1.807) is 16.7 Å². The molecule has 1 saturated heterocycles. The molecule has 5 nitrogen and oxygen atoms in total. The molecule has 2 atom stereocenters. The van der Waals surface area contributed by atoms with Gasteiger partial charge in [-0.15, -0.1) is 11.8 Å². The van der Waals surface area contributed by atoms with Gasteiger partial charge in [-0.3, -0.25) is 9.59 Å². The van der Waals surface area contributed by atoms with Gasteiger partial charge >= 0.3 is 5.97 Å². The Balaban J connectivity index is 1.82. The first-order chi connectivity index (χ1) is 11.6. The number of amides is 1. The Morgan fingerprint density at radius 2 is 2.21 bits per heavy atom. The van der Waals surface area contributed by atoms with Gasteiger partial charge in [0.1, 0.15) is 10.7 Å². The lowest BCUT2D eigenvalue weighted by Gasteiger charge is -2.41. The highest BCUT2D eigenvalue weighted by molar-refractivity contribution is 8.00. The van der Waals surface area contributed by atoms with Crippen LogP contribution in [-0.4, -0.2) is 54.4 Å². The zero-order valence-electron chi connectivity index (χ0n) is 13.9. The average Bonchev–Trinajstić information content (AvgIpc) is 2.61. The summed E-state index contributed by atoms with van der Waals surface area (Å²) in [6.07, 6.45) is 2.22. The van der Waals surface area contributed by atoms with E-state index in [-0.39, 0.29) is 24.3 Å².